The molecule has 2 bridgehead atoms. The lowest BCUT2D eigenvalue weighted by molar-refractivity contribution is 1.05. The van der Waals surface area contributed by atoms with Crippen LogP contribution < -0.4 is 0 Å². The van der Waals surface area contributed by atoms with Crippen LogP contribution in [0.3, 0.4) is 0 Å². The predicted octanol–water partition coefficient (Wildman–Crippen LogP) is 5.01. The number of allylic oxidation sites excluding steroid dienone is 8. The summed E-state index contributed by atoms with van der Waals surface area (Å²) >= 11 is 3.59. The van der Waals surface area contributed by atoms with E-state index in [9.17, 15) is 0 Å². The Kier molecular flexibility index (Phi) is 2.86. The van der Waals surface area contributed by atoms with E-state index in [-0.39, 0.29) is 0 Å². The molecule has 1 aromatic rings. The average molecular weight is 285 g/mol. The van der Waals surface area contributed by atoms with E-state index in [0.717, 1.165) is 17.3 Å². The lowest BCUT2D eigenvalue weighted by atomic mass is 9.86. The van der Waals surface area contributed by atoms with E-state index in [0.29, 0.717) is 0 Å². The maximum Gasteiger partial charge on any atom is 0.0178 e. The third-order valence-corrected chi connectivity index (χ3v) is 3.70. The Hall–Kier alpha value is -1.34. The van der Waals surface area contributed by atoms with E-state index in [1.165, 1.54) is 22.3 Å². The molecule has 84 valence electrons. The van der Waals surface area contributed by atoms with Crippen molar-refractivity contribution in [2.45, 2.75) is 12.8 Å². The van der Waals surface area contributed by atoms with E-state index in [2.05, 4.69) is 70.6 Å². The number of halogens is 1. The Morgan fingerprint density at radius 2 is 1.82 bits per heavy atom. The Morgan fingerprint density at radius 1 is 1.00 bits per heavy atom. The number of rotatable bonds is 1. The molecule has 0 amide bonds. The summed E-state index contributed by atoms with van der Waals surface area (Å²) < 4.78 is 1.16. The lowest BCUT2D eigenvalue weighted by Gasteiger charge is -2.19. The van der Waals surface area contributed by atoms with Gasteiger partial charge in [-0.1, -0.05) is 64.0 Å². The van der Waals surface area contributed by atoms with Gasteiger partial charge in [0.05, 0.1) is 0 Å². The van der Waals surface area contributed by atoms with Crippen LogP contribution in [0.25, 0.3) is 5.57 Å². The Labute approximate surface area is 110 Å². The molecule has 0 saturated heterocycles. The van der Waals surface area contributed by atoms with Crippen LogP contribution in [0.15, 0.2) is 70.3 Å². The zero-order chi connectivity index (χ0) is 11.7. The van der Waals surface area contributed by atoms with E-state index in [1.807, 2.05) is 0 Å². The first-order valence-electron chi connectivity index (χ1n) is 5.85. The number of hydrogen-bond acceptors (Lipinski definition) is 0. The normalized spacial score (nSPS) is 18.6. The molecule has 0 atom stereocenters. The molecule has 0 heterocycles. The van der Waals surface area contributed by atoms with Crippen LogP contribution in [0.1, 0.15) is 18.4 Å². The summed E-state index contributed by atoms with van der Waals surface area (Å²) in [6.07, 6.45) is 11.1. The molecule has 0 fully saturated rings. The fraction of sp³-hybridized carbons (Fsp3) is 0.125. The molecule has 0 aliphatic heterocycles. The van der Waals surface area contributed by atoms with Crippen molar-refractivity contribution in [2.75, 3.05) is 0 Å². The standard InChI is InChI=1S/C16H13Br/c17-15-8-6-12-7-9-16(14(10-12)11-15)13-4-2-1-3-5-13/h1-6,8-9,11H,7,10H2. The minimum Gasteiger partial charge on any atom is -0.0723 e. The van der Waals surface area contributed by atoms with Gasteiger partial charge in [-0.25, -0.2) is 0 Å². The largest absolute Gasteiger partial charge is 0.0723 e. The van der Waals surface area contributed by atoms with Crippen molar-refractivity contribution in [2.24, 2.45) is 0 Å². The highest BCUT2D eigenvalue weighted by Crippen LogP contribution is 2.37. The molecule has 1 heteroatoms. The summed E-state index contributed by atoms with van der Waals surface area (Å²) in [5.74, 6) is 0. The Morgan fingerprint density at radius 3 is 2.65 bits per heavy atom. The minimum atomic E-state index is 1.07. The SMILES string of the molecule is BrC1=CC=C2CC=C(c3ccccc3)C(=C1)C2. The van der Waals surface area contributed by atoms with Crippen LogP contribution in [-0.4, -0.2) is 0 Å². The zero-order valence-electron chi connectivity index (χ0n) is 9.49. The van der Waals surface area contributed by atoms with E-state index in [4.69, 9.17) is 0 Å². The summed E-state index contributed by atoms with van der Waals surface area (Å²) in [5, 5.41) is 0. The molecule has 3 rings (SSSR count). The van der Waals surface area contributed by atoms with Gasteiger partial charge in [-0.15, -0.1) is 0 Å². The number of fused-ring (bicyclic) bond motifs is 2. The van der Waals surface area contributed by atoms with Gasteiger partial charge >= 0.3 is 0 Å². The van der Waals surface area contributed by atoms with E-state index < -0.39 is 0 Å². The highest BCUT2D eigenvalue weighted by molar-refractivity contribution is 9.11. The Balaban J connectivity index is 2.08. The molecule has 0 saturated carbocycles. The molecule has 0 radical (unpaired) electrons. The molecule has 0 N–H and O–H groups in total. The summed E-state index contributed by atoms with van der Waals surface area (Å²) in [6, 6.07) is 10.6. The Bertz CT molecular complexity index is 556. The number of benzene rings is 1. The fourth-order valence-corrected chi connectivity index (χ4v) is 2.77. The first kappa shape index (κ1) is 10.8. The molecule has 0 aromatic heterocycles. The van der Waals surface area contributed by atoms with Gasteiger partial charge in [-0.2, -0.15) is 0 Å². The summed E-state index contributed by atoms with van der Waals surface area (Å²) in [5.41, 5.74) is 5.61. The molecule has 0 nitrogen and oxygen atoms in total. The predicted molar refractivity (Wildman–Crippen MR) is 76.8 cm³/mol. The number of hydrogen-bond donors (Lipinski definition) is 0. The van der Waals surface area contributed by atoms with Gasteiger partial charge in [0.2, 0.25) is 0 Å². The van der Waals surface area contributed by atoms with Crippen LogP contribution >= 0.6 is 15.9 Å². The van der Waals surface area contributed by atoms with Gasteiger partial charge in [0.25, 0.3) is 0 Å². The van der Waals surface area contributed by atoms with Gasteiger partial charge < -0.3 is 0 Å². The molecule has 0 spiro atoms. The van der Waals surface area contributed by atoms with Crippen LogP contribution in [0.2, 0.25) is 0 Å². The van der Waals surface area contributed by atoms with Crippen molar-refractivity contribution < 1.29 is 0 Å². The van der Waals surface area contributed by atoms with Crippen molar-refractivity contribution in [1.29, 1.82) is 0 Å². The quantitative estimate of drug-likeness (QED) is 0.680. The van der Waals surface area contributed by atoms with Crippen LogP contribution in [0.4, 0.5) is 0 Å². The zero-order valence-corrected chi connectivity index (χ0v) is 11.1. The van der Waals surface area contributed by atoms with Gasteiger partial charge in [0, 0.05) is 4.48 Å². The van der Waals surface area contributed by atoms with Crippen LogP contribution in [0.5, 0.6) is 0 Å². The first-order chi connectivity index (χ1) is 8.33. The van der Waals surface area contributed by atoms with Gasteiger partial charge in [-0.3, -0.25) is 0 Å². The van der Waals surface area contributed by atoms with Crippen molar-refractivity contribution >= 4 is 21.5 Å². The van der Waals surface area contributed by atoms with Crippen LogP contribution in [-0.2, 0) is 0 Å². The first-order valence-corrected chi connectivity index (χ1v) is 6.64. The van der Waals surface area contributed by atoms with Crippen molar-refractivity contribution in [3.63, 3.8) is 0 Å². The van der Waals surface area contributed by atoms with Gasteiger partial charge in [0.1, 0.15) is 0 Å². The smallest absolute Gasteiger partial charge is 0.0178 e. The molecule has 17 heavy (non-hydrogen) atoms. The third-order valence-electron chi connectivity index (χ3n) is 3.21. The van der Waals surface area contributed by atoms with E-state index in [1.54, 1.807) is 0 Å². The second-order valence-electron chi connectivity index (χ2n) is 4.41. The maximum atomic E-state index is 3.59. The second-order valence-corrected chi connectivity index (χ2v) is 5.33. The third kappa shape index (κ3) is 2.20. The average Bonchev–Trinajstić information content (AvgIpc) is 2.50. The van der Waals surface area contributed by atoms with Gasteiger partial charge in [-0.05, 0) is 41.7 Å². The molecule has 2 aliphatic carbocycles. The van der Waals surface area contributed by atoms with Crippen molar-refractivity contribution in [3.05, 3.63) is 75.8 Å². The lowest BCUT2D eigenvalue weighted by Crippen LogP contribution is -1.98. The highest BCUT2D eigenvalue weighted by Gasteiger charge is 2.16. The van der Waals surface area contributed by atoms with Crippen LogP contribution in [0, 0.1) is 0 Å². The summed E-state index contributed by atoms with van der Waals surface area (Å²) in [7, 11) is 0. The monoisotopic (exact) mass is 284 g/mol. The molecular formula is C16H13Br. The topological polar surface area (TPSA) is 0 Å². The van der Waals surface area contributed by atoms with Gasteiger partial charge in [0.15, 0.2) is 0 Å². The van der Waals surface area contributed by atoms with Crippen molar-refractivity contribution in [1.82, 2.24) is 0 Å². The minimum absolute atomic E-state index is 1.07. The summed E-state index contributed by atoms with van der Waals surface area (Å²) in [6.45, 7) is 0. The second kappa shape index (κ2) is 4.50. The fourth-order valence-electron chi connectivity index (χ4n) is 2.36. The molecule has 2 aliphatic rings. The highest BCUT2D eigenvalue weighted by atomic mass is 79.9. The molecular weight excluding hydrogens is 272 g/mol. The van der Waals surface area contributed by atoms with E-state index >= 15 is 0 Å². The van der Waals surface area contributed by atoms with Crippen molar-refractivity contribution in [3.8, 4) is 0 Å². The summed E-state index contributed by atoms with van der Waals surface area (Å²) in [4.78, 5) is 0. The maximum absolute atomic E-state index is 3.59. The molecule has 0 unspecified atom stereocenters. The molecule has 1 aromatic carbocycles.